The Hall–Kier alpha value is -2.04. The summed E-state index contributed by atoms with van der Waals surface area (Å²) < 4.78 is 5.16. The molecular weight excluding hydrogens is 316 g/mol. The van der Waals surface area contributed by atoms with Crippen molar-refractivity contribution in [1.82, 2.24) is 10.6 Å². The second-order valence-electron chi connectivity index (χ2n) is 7.02. The van der Waals surface area contributed by atoms with E-state index in [1.165, 1.54) is 12.5 Å². The van der Waals surface area contributed by atoms with Crippen LogP contribution in [0.15, 0.2) is 24.3 Å². The van der Waals surface area contributed by atoms with Gasteiger partial charge < -0.3 is 15.4 Å². The van der Waals surface area contributed by atoms with E-state index in [0.29, 0.717) is 0 Å². The quantitative estimate of drug-likeness (QED) is 0.760. The molecule has 2 amide bonds. The van der Waals surface area contributed by atoms with Crippen molar-refractivity contribution in [3.63, 3.8) is 0 Å². The molecule has 1 aliphatic carbocycles. The van der Waals surface area contributed by atoms with Crippen molar-refractivity contribution >= 4 is 11.8 Å². The molecule has 0 bridgehead atoms. The summed E-state index contributed by atoms with van der Waals surface area (Å²) in [6.07, 6.45) is 6.05. The molecule has 0 aromatic heterocycles. The van der Waals surface area contributed by atoms with Crippen LogP contribution in [0.25, 0.3) is 0 Å². The minimum atomic E-state index is -0.400. The number of carbonyl (C=O) groups is 2. The number of amides is 2. The smallest absolute Gasteiger partial charge is 0.243 e. The maximum atomic E-state index is 12.6. The van der Waals surface area contributed by atoms with Gasteiger partial charge in [0, 0.05) is 13.0 Å². The molecule has 1 aliphatic rings. The molecule has 0 spiro atoms. The van der Waals surface area contributed by atoms with E-state index in [0.717, 1.165) is 44.3 Å². The first-order chi connectivity index (χ1) is 12.0. The minimum Gasteiger partial charge on any atom is -0.497 e. The van der Waals surface area contributed by atoms with Crippen LogP contribution in [0, 0.1) is 5.92 Å². The first-order valence-electron chi connectivity index (χ1n) is 9.20. The highest BCUT2D eigenvalue weighted by atomic mass is 16.5. The van der Waals surface area contributed by atoms with E-state index < -0.39 is 6.04 Å². The van der Waals surface area contributed by atoms with Gasteiger partial charge in [0.1, 0.15) is 11.8 Å². The minimum absolute atomic E-state index is 0.0515. The van der Waals surface area contributed by atoms with Gasteiger partial charge >= 0.3 is 0 Å². The van der Waals surface area contributed by atoms with Gasteiger partial charge in [0.2, 0.25) is 11.8 Å². The molecule has 2 atom stereocenters. The van der Waals surface area contributed by atoms with Crippen LogP contribution in [0.5, 0.6) is 5.75 Å². The maximum Gasteiger partial charge on any atom is 0.243 e. The summed E-state index contributed by atoms with van der Waals surface area (Å²) in [5.41, 5.74) is 1.22. The Morgan fingerprint density at radius 2 is 1.80 bits per heavy atom. The summed E-state index contributed by atoms with van der Waals surface area (Å²) in [6.45, 7) is 3.49. The molecule has 1 fully saturated rings. The Bertz CT molecular complexity index is 565. The zero-order valence-electron chi connectivity index (χ0n) is 15.5. The first-order valence-corrected chi connectivity index (χ1v) is 9.20. The van der Waals surface area contributed by atoms with Crippen LogP contribution >= 0.6 is 0 Å². The lowest BCUT2D eigenvalue weighted by atomic mass is 9.96. The fourth-order valence-electron chi connectivity index (χ4n) is 3.49. The van der Waals surface area contributed by atoms with Crippen molar-refractivity contribution in [1.29, 1.82) is 0 Å². The van der Waals surface area contributed by atoms with Gasteiger partial charge in [0.15, 0.2) is 0 Å². The number of ether oxygens (including phenoxy) is 1. The van der Waals surface area contributed by atoms with Crippen molar-refractivity contribution in [3.05, 3.63) is 29.8 Å². The number of carbonyl (C=O) groups excluding carboxylic acids is 2. The summed E-state index contributed by atoms with van der Waals surface area (Å²) in [6, 6.07) is 7.66. The van der Waals surface area contributed by atoms with Crippen LogP contribution < -0.4 is 15.4 Å². The van der Waals surface area contributed by atoms with E-state index in [2.05, 4.69) is 10.6 Å². The number of rotatable bonds is 8. The summed E-state index contributed by atoms with van der Waals surface area (Å²) in [4.78, 5) is 24.1. The van der Waals surface area contributed by atoms with E-state index in [1.807, 2.05) is 31.2 Å². The Balaban J connectivity index is 1.84. The monoisotopic (exact) mass is 346 g/mol. The average molecular weight is 346 g/mol. The Kier molecular flexibility index (Phi) is 7.29. The van der Waals surface area contributed by atoms with Crippen LogP contribution in [0.1, 0.15) is 51.5 Å². The third kappa shape index (κ3) is 6.07. The van der Waals surface area contributed by atoms with E-state index >= 15 is 0 Å². The Labute approximate surface area is 150 Å². The predicted octanol–water partition coefficient (Wildman–Crippen LogP) is 2.83. The topological polar surface area (TPSA) is 67.4 Å². The van der Waals surface area contributed by atoms with Gasteiger partial charge in [-0.05, 0) is 56.2 Å². The third-order valence-corrected chi connectivity index (χ3v) is 4.93. The van der Waals surface area contributed by atoms with Crippen LogP contribution in [0.3, 0.4) is 0 Å². The Morgan fingerprint density at radius 3 is 2.36 bits per heavy atom. The van der Waals surface area contributed by atoms with Gasteiger partial charge in [-0.15, -0.1) is 0 Å². The van der Waals surface area contributed by atoms with Crippen molar-refractivity contribution < 1.29 is 14.3 Å². The number of nitrogens with one attached hydrogen (secondary N) is 2. The molecule has 2 N–H and O–H groups in total. The number of hydrogen-bond donors (Lipinski definition) is 2. The highest BCUT2D eigenvalue weighted by molar-refractivity contribution is 5.87. The lowest BCUT2D eigenvalue weighted by Crippen LogP contribution is -2.51. The number of methoxy groups -OCH3 is 1. The van der Waals surface area contributed by atoms with Crippen molar-refractivity contribution in [3.8, 4) is 5.75 Å². The lowest BCUT2D eigenvalue weighted by molar-refractivity contribution is -0.129. The fourth-order valence-corrected chi connectivity index (χ4v) is 3.49. The molecule has 2 unspecified atom stereocenters. The highest BCUT2D eigenvalue weighted by Gasteiger charge is 2.31. The Morgan fingerprint density at radius 1 is 1.16 bits per heavy atom. The van der Waals surface area contributed by atoms with Gasteiger partial charge in [0.25, 0.3) is 0 Å². The third-order valence-electron chi connectivity index (χ3n) is 4.93. The lowest BCUT2D eigenvalue weighted by Gasteiger charge is -2.25. The molecule has 1 aromatic rings. The summed E-state index contributed by atoms with van der Waals surface area (Å²) in [5, 5.41) is 5.93. The molecule has 0 saturated heterocycles. The predicted molar refractivity (Wildman–Crippen MR) is 98.5 cm³/mol. The van der Waals surface area contributed by atoms with Gasteiger partial charge in [-0.2, -0.15) is 0 Å². The molecule has 0 radical (unpaired) electrons. The largest absolute Gasteiger partial charge is 0.497 e. The van der Waals surface area contributed by atoms with Gasteiger partial charge in [-0.3, -0.25) is 9.59 Å². The van der Waals surface area contributed by atoms with E-state index in [-0.39, 0.29) is 23.8 Å². The molecule has 0 heterocycles. The van der Waals surface area contributed by atoms with Crippen LogP contribution in [-0.4, -0.2) is 31.0 Å². The van der Waals surface area contributed by atoms with Gasteiger partial charge in [0.05, 0.1) is 7.11 Å². The standard InChI is InChI=1S/C20H30N2O3/c1-14(8-9-16-10-12-18(25-3)13-11-16)21-20(24)19(22-15(2)23)17-6-4-5-7-17/h10-14,17,19H,4-9H2,1-3H3,(H,21,24)(H,22,23). The number of aryl methyl sites for hydroxylation is 1. The summed E-state index contributed by atoms with van der Waals surface area (Å²) in [7, 11) is 1.66. The molecule has 5 heteroatoms. The number of benzene rings is 1. The normalized spacial score (nSPS) is 16.9. The molecule has 2 rings (SSSR count). The highest BCUT2D eigenvalue weighted by Crippen LogP contribution is 2.28. The van der Waals surface area contributed by atoms with Crippen molar-refractivity contribution in [2.24, 2.45) is 5.92 Å². The molecule has 1 saturated carbocycles. The molecule has 0 aliphatic heterocycles. The average Bonchev–Trinajstić information content (AvgIpc) is 3.12. The van der Waals surface area contributed by atoms with Crippen molar-refractivity contribution in [2.75, 3.05) is 7.11 Å². The van der Waals surface area contributed by atoms with Crippen LogP contribution in [0.2, 0.25) is 0 Å². The van der Waals surface area contributed by atoms with E-state index in [4.69, 9.17) is 4.74 Å². The summed E-state index contributed by atoms with van der Waals surface area (Å²) >= 11 is 0. The second-order valence-corrected chi connectivity index (χ2v) is 7.02. The molecule has 138 valence electrons. The molecular formula is C20H30N2O3. The second kappa shape index (κ2) is 9.44. The van der Waals surface area contributed by atoms with Crippen LogP contribution in [-0.2, 0) is 16.0 Å². The zero-order valence-corrected chi connectivity index (χ0v) is 15.5. The SMILES string of the molecule is COc1ccc(CCC(C)NC(=O)C(NC(C)=O)C2CCCC2)cc1. The molecule has 5 nitrogen and oxygen atoms in total. The van der Waals surface area contributed by atoms with Crippen LogP contribution in [0.4, 0.5) is 0 Å². The first kappa shape index (κ1) is 19.3. The summed E-state index contributed by atoms with van der Waals surface area (Å²) in [5.74, 6) is 0.916. The van der Waals surface area contributed by atoms with E-state index in [1.54, 1.807) is 7.11 Å². The number of hydrogen-bond acceptors (Lipinski definition) is 3. The van der Waals surface area contributed by atoms with Crippen molar-refractivity contribution in [2.45, 2.75) is 64.5 Å². The van der Waals surface area contributed by atoms with E-state index in [9.17, 15) is 9.59 Å². The zero-order chi connectivity index (χ0) is 18.2. The fraction of sp³-hybridized carbons (Fsp3) is 0.600. The molecule has 25 heavy (non-hydrogen) atoms. The maximum absolute atomic E-state index is 12.6. The van der Waals surface area contributed by atoms with Gasteiger partial charge in [-0.1, -0.05) is 25.0 Å². The molecule has 1 aromatic carbocycles. The van der Waals surface area contributed by atoms with Gasteiger partial charge in [-0.25, -0.2) is 0 Å².